The van der Waals surface area contributed by atoms with E-state index in [4.69, 9.17) is 62.7 Å². The van der Waals surface area contributed by atoms with Crippen molar-refractivity contribution in [1.29, 1.82) is 0 Å². The number of fused-ring (bicyclic) bond motifs is 2. The predicted molar refractivity (Wildman–Crippen MR) is 261 cm³/mol. The van der Waals surface area contributed by atoms with E-state index in [1.54, 1.807) is 18.2 Å². The monoisotopic (exact) mass is 1180 g/mol. The van der Waals surface area contributed by atoms with E-state index in [9.17, 15) is 9.59 Å². The van der Waals surface area contributed by atoms with Gasteiger partial charge in [-0.2, -0.15) is 0 Å². The van der Waals surface area contributed by atoms with Crippen molar-refractivity contribution in [2.75, 3.05) is 10.6 Å². The fourth-order valence-corrected chi connectivity index (χ4v) is 9.19. The molecule has 0 spiro atoms. The third-order valence-electron chi connectivity index (χ3n) is 10.5. The zero-order valence-corrected chi connectivity index (χ0v) is 40.4. The average molecular weight is 1180 g/mol. The van der Waals surface area contributed by atoms with Crippen LogP contribution in [0.4, 0.5) is 11.4 Å². The third-order valence-corrected chi connectivity index (χ3v) is 13.7. The van der Waals surface area contributed by atoms with Gasteiger partial charge in [-0.05, 0) is 146 Å². The molecule has 0 aliphatic carbocycles. The Labute approximate surface area is 417 Å². The maximum absolute atomic E-state index is 15.2. The van der Waals surface area contributed by atoms with Gasteiger partial charge in [-0.25, -0.2) is 9.59 Å². The number of hydrogen-bond acceptors (Lipinski definition) is 7. The minimum absolute atomic E-state index is 0.0176. The third kappa shape index (κ3) is 9.21. The summed E-state index contributed by atoms with van der Waals surface area (Å²) in [6.45, 7) is 0. The molecule has 64 heavy (non-hydrogen) atoms. The summed E-state index contributed by atoms with van der Waals surface area (Å²) in [5.74, 6) is -5.62. The first-order valence-electron chi connectivity index (χ1n) is 18.9. The minimum atomic E-state index is -1.83. The molecule has 0 bridgehead atoms. The average Bonchev–Trinajstić information content (AvgIpc) is 3.43. The van der Waals surface area contributed by atoms with Crippen LogP contribution < -0.4 is 10.6 Å². The van der Waals surface area contributed by atoms with E-state index in [2.05, 4.69) is 10.6 Å². The van der Waals surface area contributed by atoms with Crippen molar-refractivity contribution >= 4 is 150 Å². The van der Waals surface area contributed by atoms with E-state index in [1.165, 1.54) is 109 Å². The van der Waals surface area contributed by atoms with Gasteiger partial charge in [0.25, 0.3) is 23.6 Å². The number of hydrogen-bond donors (Lipinski definition) is 2. The van der Waals surface area contributed by atoms with Crippen LogP contribution in [0.1, 0.15) is 67.1 Å². The molecule has 0 fully saturated rings. The molecule has 4 amide bonds. The minimum Gasteiger partial charge on any atom is -0.390 e. The molecular weight excluding hydrogens is 1150 g/mol. The van der Waals surface area contributed by atoms with Crippen LogP contribution in [-0.4, -0.2) is 45.4 Å². The summed E-state index contributed by atoms with van der Waals surface area (Å²) in [7, 11) is 0. The van der Waals surface area contributed by atoms with Crippen molar-refractivity contribution in [2.24, 2.45) is 0 Å². The number of benzene rings is 6. The van der Waals surface area contributed by atoms with Crippen LogP contribution >= 0.6 is 103 Å². The zero-order valence-electron chi connectivity index (χ0n) is 32.3. The molecular formula is C46H27Cl5I2N4O7. The predicted octanol–water partition coefficient (Wildman–Crippen LogP) is 11.7. The summed E-state index contributed by atoms with van der Waals surface area (Å²) in [5.41, 5.74) is 1.03. The van der Waals surface area contributed by atoms with Crippen LogP contribution in [0.25, 0.3) is 0 Å². The molecule has 4 atom stereocenters. The van der Waals surface area contributed by atoms with Crippen molar-refractivity contribution in [3.05, 3.63) is 193 Å². The van der Waals surface area contributed by atoms with Crippen LogP contribution in [0.15, 0.2) is 127 Å². The van der Waals surface area contributed by atoms with Gasteiger partial charge in [0.2, 0.25) is 0 Å². The Morgan fingerprint density at radius 2 is 0.906 bits per heavy atom. The van der Waals surface area contributed by atoms with Crippen molar-refractivity contribution in [2.45, 2.75) is 24.2 Å². The molecule has 11 nitrogen and oxygen atoms in total. The lowest BCUT2D eigenvalue weighted by molar-refractivity contribution is -0.167. The van der Waals surface area contributed by atoms with Gasteiger partial charge in [-0.3, -0.25) is 19.2 Å². The molecule has 2 heterocycles. The number of amides is 4. The van der Waals surface area contributed by atoms with E-state index in [0.717, 1.165) is 9.80 Å². The van der Waals surface area contributed by atoms with E-state index in [1.807, 2.05) is 45.2 Å². The van der Waals surface area contributed by atoms with Gasteiger partial charge in [0, 0.05) is 27.2 Å². The second-order valence-corrected chi connectivity index (χ2v) is 19.0. The SMILES string of the molecule is O=C1Nc2ccc(I)cc2C(=O)N(C(C(=O)OC(=O)C(c2ccc(Cl)cc2)N2C(=O)c3cc(I)c(Cl)cc3NC(=O)C2c2ccc(Cl)cc2)c2ccc(Cl)cc2)C1c1ccc(Cl)cc1. The molecule has 6 aromatic carbocycles. The van der Waals surface area contributed by atoms with E-state index < -0.39 is 59.7 Å². The lowest BCUT2D eigenvalue weighted by Crippen LogP contribution is -2.47. The summed E-state index contributed by atoms with van der Waals surface area (Å²) in [5, 5.41) is 7.09. The molecule has 6 aromatic rings. The van der Waals surface area contributed by atoms with Crippen LogP contribution in [0.2, 0.25) is 25.1 Å². The van der Waals surface area contributed by atoms with Gasteiger partial charge in [0.05, 0.1) is 27.5 Å². The molecule has 0 aromatic heterocycles. The van der Waals surface area contributed by atoms with Crippen LogP contribution in [0, 0.1) is 7.14 Å². The van der Waals surface area contributed by atoms with Crippen LogP contribution in [0.5, 0.6) is 0 Å². The second kappa shape index (κ2) is 19.0. The van der Waals surface area contributed by atoms with Crippen molar-refractivity contribution < 1.29 is 33.5 Å². The highest BCUT2D eigenvalue weighted by Crippen LogP contribution is 2.43. The highest BCUT2D eigenvalue weighted by molar-refractivity contribution is 14.1. The lowest BCUT2D eigenvalue weighted by Gasteiger charge is -2.37. The number of nitrogens with zero attached hydrogens (tertiary/aromatic N) is 2. The molecule has 2 aliphatic rings. The van der Waals surface area contributed by atoms with Crippen molar-refractivity contribution in [3.8, 4) is 0 Å². The fourth-order valence-electron chi connectivity index (χ4n) is 7.57. The van der Waals surface area contributed by atoms with Crippen LogP contribution in [-0.2, 0) is 23.9 Å². The summed E-state index contributed by atoms with van der Waals surface area (Å²) in [4.78, 5) is 91.5. The largest absolute Gasteiger partial charge is 0.390 e. The number of anilines is 2. The summed E-state index contributed by atoms with van der Waals surface area (Å²) >= 11 is 35.6. The van der Waals surface area contributed by atoms with Crippen molar-refractivity contribution in [1.82, 2.24) is 9.80 Å². The molecule has 0 radical (unpaired) electrons. The number of esters is 2. The molecule has 0 saturated heterocycles. The number of halogens is 7. The Morgan fingerprint density at radius 1 is 0.516 bits per heavy atom. The first-order chi connectivity index (χ1) is 30.6. The van der Waals surface area contributed by atoms with E-state index in [0.29, 0.717) is 17.2 Å². The topological polar surface area (TPSA) is 142 Å². The Morgan fingerprint density at radius 3 is 1.34 bits per heavy atom. The first-order valence-corrected chi connectivity index (χ1v) is 23.0. The van der Waals surface area contributed by atoms with Gasteiger partial charge in [0.1, 0.15) is 12.1 Å². The maximum Gasteiger partial charge on any atom is 0.341 e. The van der Waals surface area contributed by atoms with Gasteiger partial charge < -0.3 is 25.2 Å². The number of rotatable bonds is 8. The number of ether oxygens (including phenoxy) is 1. The summed E-state index contributed by atoms with van der Waals surface area (Å²) in [6.07, 6.45) is 0. The molecule has 4 unspecified atom stereocenters. The number of nitrogens with one attached hydrogen (secondary N) is 2. The van der Waals surface area contributed by atoms with Crippen molar-refractivity contribution in [3.63, 3.8) is 0 Å². The normalized spacial score (nSPS) is 17.0. The highest BCUT2D eigenvalue weighted by atomic mass is 127. The smallest absolute Gasteiger partial charge is 0.341 e. The lowest BCUT2D eigenvalue weighted by atomic mass is 9.97. The molecule has 2 aliphatic heterocycles. The molecule has 0 saturated carbocycles. The fraction of sp³-hybridized carbons (Fsp3) is 0.0870. The molecule has 18 heteroatoms. The first kappa shape index (κ1) is 45.8. The van der Waals surface area contributed by atoms with Gasteiger partial charge >= 0.3 is 11.9 Å². The number of carbonyl (C=O) groups is 6. The Kier molecular flexibility index (Phi) is 13.6. The second-order valence-electron chi connectivity index (χ2n) is 14.5. The van der Waals surface area contributed by atoms with Crippen LogP contribution in [0.3, 0.4) is 0 Å². The van der Waals surface area contributed by atoms with Gasteiger partial charge in [0.15, 0.2) is 12.1 Å². The molecule has 322 valence electrons. The maximum atomic E-state index is 15.2. The summed E-state index contributed by atoms with van der Waals surface area (Å²) < 4.78 is 7.00. The standard InChI is InChI=1S/C46H27Cl5I2N4O7/c47-26-9-1-22(2-10-26)37-41(58)54-35-18-17-30(52)19-31(35)43(60)56(37)39(24-5-13-28(49)14-6-24)45(62)64-46(63)40(25-7-15-29(50)16-8-25)57-38(23-3-11-27(48)12-4-23)42(59)55-36-21-33(51)34(53)20-32(36)44(57)61/h1-21,37-40H,(H,54,58)(H,55,59). The highest BCUT2D eigenvalue weighted by Gasteiger charge is 2.48. The molecule has 2 N–H and O–H groups in total. The van der Waals surface area contributed by atoms with Gasteiger partial charge in [-0.15, -0.1) is 0 Å². The van der Waals surface area contributed by atoms with E-state index in [-0.39, 0.29) is 59.8 Å². The Hall–Kier alpha value is -4.75. The Bertz CT molecular complexity index is 2890. The Balaban J connectivity index is 1.30. The van der Waals surface area contributed by atoms with Gasteiger partial charge in [-0.1, -0.05) is 107 Å². The quantitative estimate of drug-likeness (QED) is 0.0878. The number of carbonyl (C=O) groups excluding carboxylic acids is 6. The zero-order chi connectivity index (χ0) is 45.6. The molecule has 8 rings (SSSR count). The van der Waals surface area contributed by atoms with E-state index >= 15 is 19.2 Å². The summed E-state index contributed by atoms with van der Waals surface area (Å²) in [6, 6.07) is 25.0.